The summed E-state index contributed by atoms with van der Waals surface area (Å²) in [5, 5.41) is 0. The second-order valence-electron chi connectivity index (χ2n) is 7.49. The highest BCUT2D eigenvalue weighted by Gasteiger charge is 2.74. The summed E-state index contributed by atoms with van der Waals surface area (Å²) in [6.45, 7) is 3.82. The molecular formula is C18H19NO4. The number of amides is 2. The van der Waals surface area contributed by atoms with E-state index < -0.39 is 22.7 Å². The van der Waals surface area contributed by atoms with Crippen molar-refractivity contribution in [2.75, 3.05) is 12.0 Å². The number of hydrogen-bond donors (Lipinski definition) is 0. The first-order valence-corrected chi connectivity index (χ1v) is 7.88. The van der Waals surface area contributed by atoms with E-state index in [1.807, 2.05) is 13.8 Å². The standard InChI is InChI=1S/C18H19NO4/c1-17-8-12(20)18(2,9-17)14-13(17)15(21)19(16(14)22)10-6-4-5-7-11(10)23-3/h4-7,13-14H,8-9H2,1-3H3/t13-,14-,17+,18-/m0/s1. The Morgan fingerprint density at radius 2 is 1.74 bits per heavy atom. The molecule has 0 unspecified atom stereocenters. The number of Topliss-reactive ketones (excluding diaryl/α,β-unsaturated/α-hetero) is 1. The molecule has 3 fully saturated rings. The normalized spacial score (nSPS) is 38.4. The summed E-state index contributed by atoms with van der Waals surface area (Å²) in [6.07, 6.45) is 1.02. The van der Waals surface area contributed by atoms with Crippen molar-refractivity contribution in [2.24, 2.45) is 22.7 Å². The van der Waals surface area contributed by atoms with Gasteiger partial charge in [-0.25, -0.2) is 4.90 Å². The molecule has 4 rings (SSSR count). The second-order valence-corrected chi connectivity index (χ2v) is 7.49. The fourth-order valence-electron chi connectivity index (χ4n) is 5.14. The van der Waals surface area contributed by atoms with Crippen LogP contribution in [0.5, 0.6) is 5.75 Å². The number of anilines is 1. The summed E-state index contributed by atoms with van der Waals surface area (Å²) < 4.78 is 5.30. The van der Waals surface area contributed by atoms with Crippen LogP contribution in [0.4, 0.5) is 5.69 Å². The van der Waals surface area contributed by atoms with Crippen molar-refractivity contribution < 1.29 is 19.1 Å². The number of fused-ring (bicyclic) bond motifs is 5. The summed E-state index contributed by atoms with van der Waals surface area (Å²) in [5.41, 5.74) is -0.637. The maximum Gasteiger partial charge on any atom is 0.238 e. The van der Waals surface area contributed by atoms with Gasteiger partial charge in [-0.2, -0.15) is 0 Å². The Hall–Kier alpha value is -2.17. The van der Waals surface area contributed by atoms with Crippen LogP contribution in [0.2, 0.25) is 0 Å². The molecule has 0 radical (unpaired) electrons. The minimum absolute atomic E-state index is 0.115. The van der Waals surface area contributed by atoms with Gasteiger partial charge in [-0.1, -0.05) is 26.0 Å². The van der Waals surface area contributed by atoms with E-state index in [4.69, 9.17) is 4.74 Å². The molecule has 3 aliphatic rings. The maximum atomic E-state index is 13.0. The highest BCUT2D eigenvalue weighted by atomic mass is 16.5. The molecule has 0 N–H and O–H groups in total. The molecule has 1 aliphatic heterocycles. The van der Waals surface area contributed by atoms with Crippen molar-refractivity contribution in [3.05, 3.63) is 24.3 Å². The molecule has 120 valence electrons. The first kappa shape index (κ1) is 14.4. The van der Waals surface area contributed by atoms with E-state index in [1.54, 1.807) is 24.3 Å². The molecule has 2 saturated carbocycles. The van der Waals surface area contributed by atoms with Gasteiger partial charge in [0.05, 0.1) is 24.6 Å². The third-order valence-electron chi connectivity index (χ3n) is 6.04. The number of rotatable bonds is 2. The molecule has 23 heavy (non-hydrogen) atoms. The highest BCUT2D eigenvalue weighted by Crippen LogP contribution is 2.68. The lowest BCUT2D eigenvalue weighted by atomic mass is 9.68. The molecule has 1 aromatic rings. The molecule has 2 aliphatic carbocycles. The number of nitrogens with zero attached hydrogens (tertiary/aromatic N) is 1. The topological polar surface area (TPSA) is 63.7 Å². The van der Waals surface area contributed by atoms with Crippen LogP contribution in [0.15, 0.2) is 24.3 Å². The number of benzene rings is 1. The smallest absolute Gasteiger partial charge is 0.238 e. The minimum Gasteiger partial charge on any atom is -0.495 e. The number of ketones is 1. The van der Waals surface area contributed by atoms with Crippen molar-refractivity contribution in [3.8, 4) is 5.75 Å². The van der Waals surface area contributed by atoms with E-state index in [0.29, 0.717) is 24.3 Å². The van der Waals surface area contributed by atoms with Crippen LogP contribution in [0.3, 0.4) is 0 Å². The van der Waals surface area contributed by atoms with Crippen LogP contribution in [-0.2, 0) is 14.4 Å². The molecule has 0 aromatic heterocycles. The van der Waals surface area contributed by atoms with Crippen molar-refractivity contribution in [2.45, 2.75) is 26.7 Å². The van der Waals surface area contributed by atoms with Crippen LogP contribution < -0.4 is 9.64 Å². The molecule has 1 heterocycles. The minimum atomic E-state index is -0.705. The molecule has 2 amide bonds. The van der Waals surface area contributed by atoms with E-state index >= 15 is 0 Å². The predicted octanol–water partition coefficient (Wildman–Crippen LogP) is 2.19. The van der Waals surface area contributed by atoms with E-state index in [-0.39, 0.29) is 17.6 Å². The number of imide groups is 1. The van der Waals surface area contributed by atoms with E-state index in [0.717, 1.165) is 0 Å². The average molecular weight is 313 g/mol. The van der Waals surface area contributed by atoms with Gasteiger partial charge >= 0.3 is 0 Å². The summed E-state index contributed by atoms with van der Waals surface area (Å²) in [7, 11) is 1.51. The molecule has 5 nitrogen and oxygen atoms in total. The Labute approximate surface area is 134 Å². The predicted molar refractivity (Wildman–Crippen MR) is 82.9 cm³/mol. The van der Waals surface area contributed by atoms with Gasteiger partial charge in [-0.15, -0.1) is 0 Å². The van der Waals surface area contributed by atoms with Crippen LogP contribution in [-0.4, -0.2) is 24.7 Å². The molecule has 1 saturated heterocycles. The number of hydrogen-bond acceptors (Lipinski definition) is 4. The molecule has 1 aromatic carbocycles. The molecule has 2 bridgehead atoms. The van der Waals surface area contributed by atoms with Crippen LogP contribution in [0.25, 0.3) is 0 Å². The highest BCUT2D eigenvalue weighted by molar-refractivity contribution is 6.25. The Bertz CT molecular complexity index is 757. The lowest BCUT2D eigenvalue weighted by Gasteiger charge is -2.30. The third kappa shape index (κ3) is 1.55. The SMILES string of the molecule is COc1ccccc1N1C(=O)[C@@H]2[C@@H](C1=O)[C@@]1(C)C[C@@]2(C)CC1=O. The lowest BCUT2D eigenvalue weighted by Crippen LogP contribution is -2.40. The van der Waals surface area contributed by atoms with Gasteiger partial charge in [0.15, 0.2) is 0 Å². The van der Waals surface area contributed by atoms with Crippen LogP contribution >= 0.6 is 0 Å². The van der Waals surface area contributed by atoms with E-state index in [9.17, 15) is 14.4 Å². The van der Waals surface area contributed by atoms with Gasteiger partial charge in [0.2, 0.25) is 11.8 Å². The van der Waals surface area contributed by atoms with Gasteiger partial charge in [0, 0.05) is 11.8 Å². The Kier molecular flexibility index (Phi) is 2.64. The first-order chi connectivity index (χ1) is 10.8. The number of carbonyl (C=O) groups is 3. The van der Waals surface area contributed by atoms with Gasteiger partial charge in [-0.05, 0) is 24.0 Å². The number of ether oxygens (including phenoxy) is 1. The molecule has 4 atom stereocenters. The zero-order chi connectivity index (χ0) is 16.6. The van der Waals surface area contributed by atoms with Crippen molar-refractivity contribution in [1.82, 2.24) is 0 Å². The Morgan fingerprint density at radius 1 is 1.09 bits per heavy atom. The number of carbonyl (C=O) groups excluding carboxylic acids is 3. The average Bonchev–Trinajstić information content (AvgIpc) is 3.01. The number of para-hydroxylation sites is 2. The van der Waals surface area contributed by atoms with Crippen molar-refractivity contribution in [1.29, 1.82) is 0 Å². The van der Waals surface area contributed by atoms with E-state index in [2.05, 4.69) is 0 Å². The Balaban J connectivity index is 1.84. The lowest BCUT2D eigenvalue weighted by molar-refractivity contribution is -0.138. The quantitative estimate of drug-likeness (QED) is 0.785. The van der Waals surface area contributed by atoms with Crippen LogP contribution in [0.1, 0.15) is 26.7 Å². The zero-order valence-corrected chi connectivity index (χ0v) is 13.5. The van der Waals surface area contributed by atoms with Gasteiger partial charge in [0.1, 0.15) is 11.5 Å². The number of methoxy groups -OCH3 is 1. The largest absolute Gasteiger partial charge is 0.495 e. The molecular weight excluding hydrogens is 294 g/mol. The van der Waals surface area contributed by atoms with Crippen LogP contribution in [0, 0.1) is 22.7 Å². The van der Waals surface area contributed by atoms with E-state index in [1.165, 1.54) is 12.0 Å². The van der Waals surface area contributed by atoms with Crippen molar-refractivity contribution >= 4 is 23.3 Å². The third-order valence-corrected chi connectivity index (χ3v) is 6.04. The fourth-order valence-corrected chi connectivity index (χ4v) is 5.14. The molecule has 5 heteroatoms. The first-order valence-electron chi connectivity index (χ1n) is 7.88. The van der Waals surface area contributed by atoms with Gasteiger partial charge < -0.3 is 4.74 Å². The zero-order valence-electron chi connectivity index (χ0n) is 13.5. The summed E-state index contributed by atoms with van der Waals surface area (Å²) in [5.74, 6) is -0.784. The summed E-state index contributed by atoms with van der Waals surface area (Å²) in [6, 6.07) is 7.01. The fraction of sp³-hybridized carbons (Fsp3) is 0.500. The van der Waals surface area contributed by atoms with Gasteiger partial charge in [-0.3, -0.25) is 14.4 Å². The monoisotopic (exact) mass is 313 g/mol. The summed E-state index contributed by atoms with van der Waals surface area (Å²) >= 11 is 0. The Morgan fingerprint density at radius 3 is 2.43 bits per heavy atom. The molecule has 0 spiro atoms. The van der Waals surface area contributed by atoms with Gasteiger partial charge in [0.25, 0.3) is 0 Å². The second kappa shape index (κ2) is 4.22. The summed E-state index contributed by atoms with van der Waals surface area (Å²) in [4.78, 5) is 39.7. The maximum absolute atomic E-state index is 13.0. The van der Waals surface area contributed by atoms with Crippen molar-refractivity contribution in [3.63, 3.8) is 0 Å².